The van der Waals surface area contributed by atoms with Crippen LogP contribution < -0.4 is 10.6 Å². The second-order valence-electron chi connectivity index (χ2n) is 5.86. The summed E-state index contributed by atoms with van der Waals surface area (Å²) < 4.78 is 9.88. The van der Waals surface area contributed by atoms with E-state index in [0.29, 0.717) is 28.8 Å². The molecule has 0 aromatic heterocycles. The number of benzene rings is 1. The molecule has 1 aromatic carbocycles. The lowest BCUT2D eigenvalue weighted by Crippen LogP contribution is -2.46. The average molecular weight is 360 g/mol. The molecule has 1 aliphatic rings. The number of hydrogen-bond acceptors (Lipinski definition) is 5. The summed E-state index contributed by atoms with van der Waals surface area (Å²) in [6.07, 6.45) is 2.35. The van der Waals surface area contributed by atoms with Gasteiger partial charge in [-0.1, -0.05) is 25.5 Å². The van der Waals surface area contributed by atoms with E-state index in [2.05, 4.69) is 15.4 Å². The van der Waals surface area contributed by atoms with Gasteiger partial charge in [0.15, 0.2) is 0 Å². The van der Waals surface area contributed by atoms with E-state index in [4.69, 9.17) is 4.74 Å². The Hall–Kier alpha value is -2.83. The first-order valence-corrected chi connectivity index (χ1v) is 8.67. The third kappa shape index (κ3) is 4.41. The molecule has 0 spiro atoms. The Morgan fingerprint density at radius 3 is 2.38 bits per heavy atom. The third-order valence-electron chi connectivity index (χ3n) is 4.09. The second kappa shape index (κ2) is 9.03. The fourth-order valence-electron chi connectivity index (χ4n) is 2.80. The van der Waals surface area contributed by atoms with Crippen LogP contribution in [0.15, 0.2) is 35.5 Å². The van der Waals surface area contributed by atoms with Crippen molar-refractivity contribution in [1.82, 2.24) is 10.6 Å². The SMILES string of the molecule is CCCCC1=C(C(=O)OCC)C(c2ccc(C(=O)OC)cc2)NC(=O)N1. The molecule has 1 atom stereocenters. The summed E-state index contributed by atoms with van der Waals surface area (Å²) >= 11 is 0. The van der Waals surface area contributed by atoms with E-state index >= 15 is 0 Å². The molecule has 0 saturated carbocycles. The van der Waals surface area contributed by atoms with Crippen molar-refractivity contribution in [3.8, 4) is 0 Å². The molecule has 1 unspecified atom stereocenters. The van der Waals surface area contributed by atoms with Crippen molar-refractivity contribution in [2.75, 3.05) is 13.7 Å². The topological polar surface area (TPSA) is 93.7 Å². The number of unbranched alkanes of at least 4 members (excludes halogenated alkanes) is 1. The second-order valence-corrected chi connectivity index (χ2v) is 5.86. The first-order valence-electron chi connectivity index (χ1n) is 8.67. The number of carbonyl (C=O) groups is 3. The van der Waals surface area contributed by atoms with Gasteiger partial charge in [-0.3, -0.25) is 0 Å². The van der Waals surface area contributed by atoms with Gasteiger partial charge < -0.3 is 20.1 Å². The Bertz CT molecular complexity index is 709. The number of nitrogens with one attached hydrogen (secondary N) is 2. The summed E-state index contributed by atoms with van der Waals surface area (Å²) in [5.41, 5.74) is 2.05. The molecule has 140 valence electrons. The number of ether oxygens (including phenoxy) is 2. The number of carbonyl (C=O) groups excluding carboxylic acids is 3. The average Bonchev–Trinajstić information content (AvgIpc) is 2.65. The molecule has 0 fully saturated rings. The molecule has 2 N–H and O–H groups in total. The maximum atomic E-state index is 12.5. The summed E-state index contributed by atoms with van der Waals surface area (Å²) in [7, 11) is 1.31. The molecule has 7 heteroatoms. The first kappa shape index (κ1) is 19.5. The normalized spacial score (nSPS) is 16.6. The lowest BCUT2D eigenvalue weighted by Gasteiger charge is -2.29. The monoisotopic (exact) mass is 360 g/mol. The fraction of sp³-hybridized carbons (Fsp3) is 0.421. The molecule has 0 radical (unpaired) electrons. The van der Waals surface area contributed by atoms with Crippen LogP contribution in [0, 0.1) is 0 Å². The van der Waals surface area contributed by atoms with Crippen molar-refractivity contribution in [2.24, 2.45) is 0 Å². The molecule has 1 heterocycles. The zero-order chi connectivity index (χ0) is 19.1. The lowest BCUT2D eigenvalue weighted by molar-refractivity contribution is -0.139. The molecule has 1 aliphatic heterocycles. The number of methoxy groups -OCH3 is 1. The molecule has 0 bridgehead atoms. The van der Waals surface area contributed by atoms with Crippen LogP contribution in [0.4, 0.5) is 4.79 Å². The van der Waals surface area contributed by atoms with Crippen LogP contribution in [-0.4, -0.2) is 31.7 Å². The molecular weight excluding hydrogens is 336 g/mol. The highest BCUT2D eigenvalue weighted by atomic mass is 16.5. The van der Waals surface area contributed by atoms with Crippen LogP contribution in [0.3, 0.4) is 0 Å². The summed E-state index contributed by atoms with van der Waals surface area (Å²) in [5, 5.41) is 5.50. The molecule has 0 aliphatic carbocycles. The van der Waals surface area contributed by atoms with Crippen molar-refractivity contribution < 1.29 is 23.9 Å². The van der Waals surface area contributed by atoms with Crippen LogP contribution in [-0.2, 0) is 14.3 Å². The molecule has 0 saturated heterocycles. The quantitative estimate of drug-likeness (QED) is 0.729. The van der Waals surface area contributed by atoms with E-state index in [1.165, 1.54) is 7.11 Å². The maximum absolute atomic E-state index is 12.5. The van der Waals surface area contributed by atoms with Gasteiger partial charge in [0, 0.05) is 5.70 Å². The minimum atomic E-state index is -0.638. The van der Waals surface area contributed by atoms with Crippen molar-refractivity contribution in [1.29, 1.82) is 0 Å². The minimum absolute atomic E-state index is 0.241. The van der Waals surface area contributed by atoms with Gasteiger partial charge in [0.1, 0.15) is 0 Å². The number of allylic oxidation sites excluding steroid dienone is 1. The summed E-state index contributed by atoms with van der Waals surface area (Å²) in [6, 6.07) is 5.58. The van der Waals surface area contributed by atoms with Gasteiger partial charge >= 0.3 is 18.0 Å². The first-order chi connectivity index (χ1) is 12.5. The molecule has 2 rings (SSSR count). The largest absolute Gasteiger partial charge is 0.465 e. The highest BCUT2D eigenvalue weighted by molar-refractivity contribution is 5.95. The van der Waals surface area contributed by atoms with Gasteiger partial charge in [0.25, 0.3) is 0 Å². The van der Waals surface area contributed by atoms with Crippen LogP contribution >= 0.6 is 0 Å². The van der Waals surface area contributed by atoms with Gasteiger partial charge in [-0.15, -0.1) is 0 Å². The van der Waals surface area contributed by atoms with E-state index in [9.17, 15) is 14.4 Å². The summed E-state index contributed by atoms with van der Waals surface area (Å²) in [6.45, 7) is 4.01. The Morgan fingerprint density at radius 1 is 1.12 bits per heavy atom. The lowest BCUT2D eigenvalue weighted by atomic mass is 9.93. The number of amides is 2. The van der Waals surface area contributed by atoms with Gasteiger partial charge in [-0.05, 0) is 37.5 Å². The predicted octanol–water partition coefficient (Wildman–Crippen LogP) is 2.83. The van der Waals surface area contributed by atoms with Crippen LogP contribution in [0.25, 0.3) is 0 Å². The summed E-state index contributed by atoms with van der Waals surface area (Å²) in [4.78, 5) is 36.2. The van der Waals surface area contributed by atoms with Crippen molar-refractivity contribution in [3.05, 3.63) is 46.7 Å². The Balaban J connectivity index is 2.43. The summed E-state index contributed by atoms with van der Waals surface area (Å²) in [5.74, 6) is -0.913. The standard InChI is InChI=1S/C19H24N2O5/c1-4-6-7-14-15(18(23)26-5-2)16(21-19(24)20-14)12-8-10-13(11-9-12)17(22)25-3/h8-11,16H,4-7H2,1-3H3,(H2,20,21,24). The number of esters is 2. The number of hydrogen-bond donors (Lipinski definition) is 2. The fourth-order valence-corrected chi connectivity index (χ4v) is 2.80. The minimum Gasteiger partial charge on any atom is -0.465 e. The Morgan fingerprint density at radius 2 is 1.81 bits per heavy atom. The van der Waals surface area contributed by atoms with Gasteiger partial charge in [-0.2, -0.15) is 0 Å². The van der Waals surface area contributed by atoms with Crippen LogP contribution in [0.1, 0.15) is 55.1 Å². The van der Waals surface area contributed by atoms with Crippen molar-refractivity contribution >= 4 is 18.0 Å². The zero-order valence-corrected chi connectivity index (χ0v) is 15.3. The van der Waals surface area contributed by atoms with Gasteiger partial charge in [0.2, 0.25) is 0 Å². The highest BCUT2D eigenvalue weighted by Gasteiger charge is 2.33. The highest BCUT2D eigenvalue weighted by Crippen LogP contribution is 2.30. The van der Waals surface area contributed by atoms with E-state index in [0.717, 1.165) is 12.8 Å². The Kier molecular flexibility index (Phi) is 6.77. The van der Waals surface area contributed by atoms with Crippen LogP contribution in [0.2, 0.25) is 0 Å². The molecular formula is C19H24N2O5. The number of rotatable bonds is 7. The predicted molar refractivity (Wildman–Crippen MR) is 95.4 cm³/mol. The number of urea groups is 1. The van der Waals surface area contributed by atoms with Crippen molar-refractivity contribution in [3.63, 3.8) is 0 Å². The zero-order valence-electron chi connectivity index (χ0n) is 15.3. The van der Waals surface area contributed by atoms with E-state index in [1.54, 1.807) is 31.2 Å². The van der Waals surface area contributed by atoms with E-state index < -0.39 is 18.0 Å². The molecule has 2 amide bonds. The molecule has 1 aromatic rings. The van der Waals surface area contributed by atoms with Crippen molar-refractivity contribution in [2.45, 2.75) is 39.2 Å². The van der Waals surface area contributed by atoms with Crippen LogP contribution in [0.5, 0.6) is 0 Å². The third-order valence-corrected chi connectivity index (χ3v) is 4.09. The van der Waals surface area contributed by atoms with Gasteiger partial charge in [-0.25, -0.2) is 14.4 Å². The Labute approximate surface area is 152 Å². The van der Waals surface area contributed by atoms with E-state index in [-0.39, 0.29) is 12.6 Å². The smallest absolute Gasteiger partial charge is 0.338 e. The van der Waals surface area contributed by atoms with E-state index in [1.807, 2.05) is 6.92 Å². The molecule has 26 heavy (non-hydrogen) atoms. The van der Waals surface area contributed by atoms with Gasteiger partial charge in [0.05, 0.1) is 30.9 Å². The molecule has 7 nitrogen and oxygen atoms in total. The maximum Gasteiger partial charge on any atom is 0.338 e.